The van der Waals surface area contributed by atoms with E-state index in [9.17, 15) is 18.0 Å². The van der Waals surface area contributed by atoms with Crippen LogP contribution < -0.4 is 0 Å². The topological polar surface area (TPSA) is 17.1 Å². The largest absolute Gasteiger partial charge is 0.416 e. The van der Waals surface area contributed by atoms with E-state index in [2.05, 4.69) is 15.9 Å². The first-order valence-corrected chi connectivity index (χ1v) is 6.08. The fourth-order valence-corrected chi connectivity index (χ4v) is 2.79. The number of hydrogen-bond donors (Lipinski definition) is 0. The number of carbonyl (C=O) groups excluding carboxylic acids is 1. The minimum absolute atomic E-state index is 0.116. The number of Topliss-reactive ketones (excluding diaryl/α,β-unsaturated/α-hetero) is 1. The molecule has 1 aromatic rings. The molecule has 0 heterocycles. The van der Waals surface area contributed by atoms with Crippen LogP contribution in [0.1, 0.15) is 36.3 Å². The second kappa shape index (κ2) is 4.44. The van der Waals surface area contributed by atoms with Crippen molar-refractivity contribution in [1.82, 2.24) is 0 Å². The normalized spacial score (nSPS) is 20.9. The lowest BCUT2D eigenvalue weighted by Gasteiger charge is -2.13. The number of rotatable bonds is 1. The Balaban J connectivity index is 2.35. The molecule has 0 radical (unpaired) electrons. The molecule has 1 atom stereocenters. The van der Waals surface area contributed by atoms with Gasteiger partial charge in [-0.15, -0.1) is 0 Å². The summed E-state index contributed by atoms with van der Waals surface area (Å²) in [4.78, 5) is 11.6. The van der Waals surface area contributed by atoms with Crippen LogP contribution in [0.4, 0.5) is 13.2 Å². The lowest BCUT2D eigenvalue weighted by Crippen LogP contribution is -2.08. The molecule has 1 fully saturated rings. The zero-order valence-corrected chi connectivity index (χ0v) is 10.4. The van der Waals surface area contributed by atoms with Crippen LogP contribution >= 0.6 is 15.9 Å². The molecule has 1 aliphatic rings. The highest BCUT2D eigenvalue weighted by molar-refractivity contribution is 9.10. The molecular formula is C12H10BrF3O. The van der Waals surface area contributed by atoms with Gasteiger partial charge in [0.25, 0.3) is 0 Å². The van der Waals surface area contributed by atoms with Crippen LogP contribution in [0.15, 0.2) is 22.7 Å². The van der Waals surface area contributed by atoms with E-state index in [0.717, 1.165) is 25.0 Å². The van der Waals surface area contributed by atoms with Crippen LogP contribution in [0, 0.1) is 0 Å². The molecule has 0 aromatic heterocycles. The van der Waals surface area contributed by atoms with Gasteiger partial charge in [0, 0.05) is 16.8 Å². The smallest absolute Gasteiger partial charge is 0.299 e. The number of alkyl halides is 3. The SMILES string of the molecule is O=C1CCCC1c1ccc(C(F)(F)F)cc1Br. The van der Waals surface area contributed by atoms with E-state index in [1.807, 2.05) is 0 Å². The van der Waals surface area contributed by atoms with Crippen molar-refractivity contribution in [3.05, 3.63) is 33.8 Å². The summed E-state index contributed by atoms with van der Waals surface area (Å²) < 4.78 is 37.8. The maximum atomic E-state index is 12.5. The first kappa shape index (κ1) is 12.6. The minimum Gasteiger partial charge on any atom is -0.299 e. The van der Waals surface area contributed by atoms with Crippen molar-refractivity contribution in [3.8, 4) is 0 Å². The van der Waals surface area contributed by atoms with Crippen molar-refractivity contribution in [2.45, 2.75) is 31.4 Å². The van der Waals surface area contributed by atoms with Gasteiger partial charge in [-0.3, -0.25) is 4.79 Å². The highest BCUT2D eigenvalue weighted by Gasteiger charge is 2.33. The molecule has 0 amide bonds. The lowest BCUT2D eigenvalue weighted by atomic mass is 9.96. The monoisotopic (exact) mass is 306 g/mol. The molecule has 1 unspecified atom stereocenters. The molecule has 0 spiro atoms. The third-order valence-electron chi connectivity index (χ3n) is 3.01. The molecule has 0 N–H and O–H groups in total. The van der Waals surface area contributed by atoms with Crippen LogP contribution in [0.2, 0.25) is 0 Å². The molecule has 5 heteroatoms. The van der Waals surface area contributed by atoms with Crippen molar-refractivity contribution < 1.29 is 18.0 Å². The molecule has 1 nitrogen and oxygen atoms in total. The van der Waals surface area contributed by atoms with Crippen molar-refractivity contribution >= 4 is 21.7 Å². The van der Waals surface area contributed by atoms with Crippen molar-refractivity contribution in [1.29, 1.82) is 0 Å². The van der Waals surface area contributed by atoms with Crippen LogP contribution in [-0.2, 0) is 11.0 Å². The molecule has 1 saturated carbocycles. The summed E-state index contributed by atoms with van der Waals surface area (Å²) >= 11 is 3.12. The highest BCUT2D eigenvalue weighted by Crippen LogP contribution is 2.38. The van der Waals surface area contributed by atoms with E-state index >= 15 is 0 Å². The van der Waals surface area contributed by atoms with E-state index in [1.165, 1.54) is 6.07 Å². The Labute approximate surface area is 105 Å². The predicted molar refractivity (Wildman–Crippen MR) is 60.7 cm³/mol. The van der Waals surface area contributed by atoms with Crippen molar-refractivity contribution in [3.63, 3.8) is 0 Å². The Hall–Kier alpha value is -0.840. The van der Waals surface area contributed by atoms with E-state index in [4.69, 9.17) is 0 Å². The average molecular weight is 307 g/mol. The summed E-state index contributed by atoms with van der Waals surface area (Å²) in [7, 11) is 0. The number of benzene rings is 1. The van der Waals surface area contributed by atoms with Gasteiger partial charge in [0.05, 0.1) is 5.56 Å². The van der Waals surface area contributed by atoms with Gasteiger partial charge >= 0.3 is 6.18 Å². The van der Waals surface area contributed by atoms with Gasteiger partial charge in [-0.25, -0.2) is 0 Å². The Morgan fingerprint density at radius 2 is 2.00 bits per heavy atom. The Morgan fingerprint density at radius 3 is 2.47 bits per heavy atom. The van der Waals surface area contributed by atoms with E-state index in [0.29, 0.717) is 16.5 Å². The molecule has 2 rings (SSSR count). The fraction of sp³-hybridized carbons (Fsp3) is 0.417. The Kier molecular flexibility index (Phi) is 3.30. The van der Waals surface area contributed by atoms with Crippen molar-refractivity contribution in [2.24, 2.45) is 0 Å². The Bertz CT molecular complexity index is 454. The number of carbonyl (C=O) groups is 1. The predicted octanol–water partition coefficient (Wildman–Crippen LogP) is 4.30. The summed E-state index contributed by atoms with van der Waals surface area (Å²) in [6, 6.07) is 3.48. The number of hydrogen-bond acceptors (Lipinski definition) is 1. The van der Waals surface area contributed by atoms with Crippen LogP contribution in [0.25, 0.3) is 0 Å². The van der Waals surface area contributed by atoms with Gasteiger partial charge in [-0.2, -0.15) is 13.2 Å². The van der Waals surface area contributed by atoms with Gasteiger partial charge in [0.2, 0.25) is 0 Å². The maximum Gasteiger partial charge on any atom is 0.416 e. The van der Waals surface area contributed by atoms with Crippen molar-refractivity contribution in [2.75, 3.05) is 0 Å². The van der Waals surface area contributed by atoms with Crippen LogP contribution in [0.5, 0.6) is 0 Å². The van der Waals surface area contributed by atoms with E-state index < -0.39 is 11.7 Å². The van der Waals surface area contributed by atoms with Gasteiger partial charge in [0.15, 0.2) is 0 Å². The lowest BCUT2D eigenvalue weighted by molar-refractivity contribution is -0.137. The highest BCUT2D eigenvalue weighted by atomic mass is 79.9. The molecule has 92 valence electrons. The third kappa shape index (κ3) is 2.54. The molecule has 0 bridgehead atoms. The molecule has 1 aromatic carbocycles. The molecular weight excluding hydrogens is 297 g/mol. The van der Waals surface area contributed by atoms with Crippen LogP contribution in [-0.4, -0.2) is 5.78 Å². The van der Waals surface area contributed by atoms with Gasteiger partial charge in [-0.1, -0.05) is 22.0 Å². The fourth-order valence-electron chi connectivity index (χ4n) is 2.13. The maximum absolute atomic E-state index is 12.5. The first-order chi connectivity index (χ1) is 7.89. The molecule has 0 aliphatic heterocycles. The summed E-state index contributed by atoms with van der Waals surface area (Å²) in [5.74, 6) is -0.128. The standard InChI is InChI=1S/C12H10BrF3O/c13-10-6-7(12(14,15)16)4-5-8(10)9-2-1-3-11(9)17/h4-6,9H,1-3H2. The van der Waals surface area contributed by atoms with Gasteiger partial charge < -0.3 is 0 Å². The Morgan fingerprint density at radius 1 is 1.29 bits per heavy atom. The summed E-state index contributed by atoms with van der Waals surface area (Å²) in [5, 5.41) is 0. The molecule has 0 saturated heterocycles. The summed E-state index contributed by atoms with van der Waals surface area (Å²) in [6.45, 7) is 0. The third-order valence-corrected chi connectivity index (χ3v) is 3.69. The molecule has 1 aliphatic carbocycles. The van der Waals surface area contributed by atoms with E-state index in [1.54, 1.807) is 0 Å². The summed E-state index contributed by atoms with van der Waals surface area (Å²) in [6.07, 6.45) is -2.28. The zero-order chi connectivity index (χ0) is 12.6. The van der Waals surface area contributed by atoms with Crippen LogP contribution in [0.3, 0.4) is 0 Å². The minimum atomic E-state index is -4.35. The summed E-state index contributed by atoms with van der Waals surface area (Å²) in [5.41, 5.74) is -0.0286. The number of ketones is 1. The molecule has 17 heavy (non-hydrogen) atoms. The van der Waals surface area contributed by atoms with E-state index in [-0.39, 0.29) is 11.7 Å². The van der Waals surface area contributed by atoms with Gasteiger partial charge in [0.1, 0.15) is 5.78 Å². The zero-order valence-electron chi connectivity index (χ0n) is 8.85. The second-order valence-electron chi connectivity index (χ2n) is 4.15. The first-order valence-electron chi connectivity index (χ1n) is 5.29. The van der Waals surface area contributed by atoms with Gasteiger partial charge in [-0.05, 0) is 30.5 Å². The second-order valence-corrected chi connectivity index (χ2v) is 5.00. The number of halogens is 4. The quantitative estimate of drug-likeness (QED) is 0.756. The average Bonchev–Trinajstić information content (AvgIpc) is 2.63.